The highest BCUT2D eigenvalue weighted by molar-refractivity contribution is 6.32. The van der Waals surface area contributed by atoms with Gasteiger partial charge in [0.05, 0.1) is 19.4 Å². The van der Waals surface area contributed by atoms with Gasteiger partial charge in [0.25, 0.3) is 5.56 Å². The number of esters is 1. The summed E-state index contributed by atoms with van der Waals surface area (Å²) in [7, 11) is 1.70. The summed E-state index contributed by atoms with van der Waals surface area (Å²) in [6.07, 6.45) is 1.49. The van der Waals surface area contributed by atoms with Gasteiger partial charge < -0.3 is 14.6 Å². The first-order valence-electron chi connectivity index (χ1n) is 5.16. The van der Waals surface area contributed by atoms with E-state index < -0.39 is 5.56 Å². The van der Waals surface area contributed by atoms with E-state index in [1.54, 1.807) is 18.9 Å². The van der Waals surface area contributed by atoms with Crippen molar-refractivity contribution in [3.05, 3.63) is 21.7 Å². The van der Waals surface area contributed by atoms with Crippen molar-refractivity contribution in [2.45, 2.75) is 13.3 Å². The molecule has 1 heterocycles. The molecule has 1 rings (SSSR count). The van der Waals surface area contributed by atoms with Crippen LogP contribution in [0, 0.1) is 0 Å². The Morgan fingerprint density at radius 3 is 3.00 bits per heavy atom. The van der Waals surface area contributed by atoms with E-state index in [-0.39, 0.29) is 17.4 Å². The molecule has 0 aliphatic heterocycles. The molecule has 1 aromatic heterocycles. The second-order valence-electron chi connectivity index (χ2n) is 3.35. The van der Waals surface area contributed by atoms with Gasteiger partial charge in [0, 0.05) is 13.6 Å². The minimum atomic E-state index is -0.403. The summed E-state index contributed by atoms with van der Waals surface area (Å²) >= 11 is 5.80. The number of nitrogens with one attached hydrogen (secondary N) is 1. The summed E-state index contributed by atoms with van der Waals surface area (Å²) in [5.41, 5.74) is -0.403. The second kappa shape index (κ2) is 6.24. The molecule has 0 unspecified atom stereocenters. The third kappa shape index (κ3) is 3.74. The first kappa shape index (κ1) is 13.5. The molecule has 0 aliphatic carbocycles. The third-order valence-electron chi connectivity index (χ3n) is 2.10. The molecule has 0 saturated carbocycles. The fourth-order valence-corrected chi connectivity index (χ4v) is 1.49. The molecular formula is C10H14ClN3O3. The topological polar surface area (TPSA) is 75.3 Å². The van der Waals surface area contributed by atoms with Crippen LogP contribution >= 0.6 is 11.6 Å². The van der Waals surface area contributed by atoms with Gasteiger partial charge in [-0.15, -0.1) is 0 Å². The minimum Gasteiger partial charge on any atom is -0.466 e. The van der Waals surface area contributed by atoms with Gasteiger partial charge in [-0.3, -0.25) is 9.59 Å². The van der Waals surface area contributed by atoms with Crippen molar-refractivity contribution >= 4 is 23.4 Å². The van der Waals surface area contributed by atoms with E-state index >= 15 is 0 Å². The molecule has 0 saturated heterocycles. The molecular weight excluding hydrogens is 246 g/mol. The Labute approximate surface area is 104 Å². The monoisotopic (exact) mass is 259 g/mol. The van der Waals surface area contributed by atoms with E-state index in [1.165, 1.54) is 6.33 Å². The largest absolute Gasteiger partial charge is 0.466 e. The summed E-state index contributed by atoms with van der Waals surface area (Å²) in [6.45, 7) is 2.48. The van der Waals surface area contributed by atoms with Crippen LogP contribution in [0.2, 0.25) is 5.02 Å². The number of halogens is 1. The normalized spacial score (nSPS) is 10.1. The number of ether oxygens (including phenoxy) is 1. The number of carbonyl (C=O) groups is 1. The lowest BCUT2D eigenvalue weighted by Crippen LogP contribution is -2.25. The molecule has 0 fully saturated rings. The Morgan fingerprint density at radius 2 is 2.35 bits per heavy atom. The van der Waals surface area contributed by atoms with Crippen LogP contribution in [0.1, 0.15) is 13.3 Å². The Bertz CT molecular complexity index is 447. The summed E-state index contributed by atoms with van der Waals surface area (Å²) in [5.74, 6) is 0.0556. The van der Waals surface area contributed by atoms with Gasteiger partial charge in [-0.25, -0.2) is 4.98 Å². The van der Waals surface area contributed by atoms with Gasteiger partial charge >= 0.3 is 5.97 Å². The number of aromatic amines is 1. The molecule has 0 bridgehead atoms. The maximum Gasteiger partial charge on any atom is 0.307 e. The Balaban J connectivity index is 2.64. The van der Waals surface area contributed by atoms with Crippen LogP contribution in [0.5, 0.6) is 0 Å². The maximum atomic E-state index is 11.2. The quantitative estimate of drug-likeness (QED) is 0.792. The van der Waals surface area contributed by atoms with Gasteiger partial charge in [0.2, 0.25) is 0 Å². The molecule has 0 spiro atoms. The zero-order chi connectivity index (χ0) is 12.8. The maximum absolute atomic E-state index is 11.2. The van der Waals surface area contributed by atoms with Crippen molar-refractivity contribution in [1.82, 2.24) is 9.97 Å². The van der Waals surface area contributed by atoms with Crippen LogP contribution in [-0.2, 0) is 9.53 Å². The van der Waals surface area contributed by atoms with Crippen molar-refractivity contribution in [2.24, 2.45) is 0 Å². The van der Waals surface area contributed by atoms with Crippen LogP contribution in [0.25, 0.3) is 0 Å². The zero-order valence-electron chi connectivity index (χ0n) is 9.70. The summed E-state index contributed by atoms with van der Waals surface area (Å²) in [4.78, 5) is 30.3. The number of aromatic nitrogens is 2. The van der Waals surface area contributed by atoms with Crippen molar-refractivity contribution < 1.29 is 9.53 Å². The van der Waals surface area contributed by atoms with Crippen LogP contribution in [-0.4, -0.2) is 36.1 Å². The highest BCUT2D eigenvalue weighted by atomic mass is 35.5. The predicted molar refractivity (Wildman–Crippen MR) is 64.4 cm³/mol. The number of hydrogen-bond donors (Lipinski definition) is 1. The van der Waals surface area contributed by atoms with Gasteiger partial charge in [-0.2, -0.15) is 0 Å². The Kier molecular flexibility index (Phi) is 4.96. The van der Waals surface area contributed by atoms with Crippen LogP contribution in [0.15, 0.2) is 11.1 Å². The molecule has 0 aliphatic rings. The van der Waals surface area contributed by atoms with Crippen molar-refractivity contribution in [2.75, 3.05) is 25.1 Å². The number of anilines is 1. The summed E-state index contributed by atoms with van der Waals surface area (Å²) in [5, 5.41) is 0.0128. The fraction of sp³-hybridized carbons (Fsp3) is 0.500. The molecule has 7 heteroatoms. The smallest absolute Gasteiger partial charge is 0.307 e. The fourth-order valence-electron chi connectivity index (χ4n) is 1.24. The molecule has 6 nitrogen and oxygen atoms in total. The van der Waals surface area contributed by atoms with Crippen LogP contribution in [0.3, 0.4) is 0 Å². The molecule has 0 amide bonds. The predicted octanol–water partition coefficient (Wildman–Crippen LogP) is 0.813. The SMILES string of the molecule is CCOC(=O)CCN(C)c1nc[nH]c(=O)c1Cl. The first-order chi connectivity index (χ1) is 8.06. The molecule has 17 heavy (non-hydrogen) atoms. The lowest BCUT2D eigenvalue weighted by atomic mass is 10.4. The number of nitrogens with zero attached hydrogens (tertiary/aromatic N) is 2. The minimum absolute atomic E-state index is 0.0128. The van der Waals surface area contributed by atoms with Gasteiger partial charge in [-0.05, 0) is 6.92 Å². The Morgan fingerprint density at radius 1 is 1.65 bits per heavy atom. The molecule has 1 N–H and O–H groups in total. The molecule has 94 valence electrons. The molecule has 0 radical (unpaired) electrons. The first-order valence-corrected chi connectivity index (χ1v) is 5.54. The molecule has 0 atom stereocenters. The zero-order valence-corrected chi connectivity index (χ0v) is 10.5. The van der Waals surface area contributed by atoms with E-state index in [9.17, 15) is 9.59 Å². The van der Waals surface area contributed by atoms with E-state index in [2.05, 4.69) is 9.97 Å². The van der Waals surface area contributed by atoms with Gasteiger partial charge in [0.1, 0.15) is 5.02 Å². The number of H-pyrrole nitrogens is 1. The van der Waals surface area contributed by atoms with Crippen molar-refractivity contribution in [3.8, 4) is 0 Å². The molecule has 0 aromatic carbocycles. The number of hydrogen-bond acceptors (Lipinski definition) is 5. The molecule has 1 aromatic rings. The summed E-state index contributed by atoms with van der Waals surface area (Å²) in [6, 6.07) is 0. The number of rotatable bonds is 5. The highest BCUT2D eigenvalue weighted by Gasteiger charge is 2.12. The average molecular weight is 260 g/mol. The van der Waals surface area contributed by atoms with Crippen LogP contribution < -0.4 is 10.5 Å². The lowest BCUT2D eigenvalue weighted by molar-refractivity contribution is -0.142. The van der Waals surface area contributed by atoms with E-state index in [0.717, 1.165) is 0 Å². The summed E-state index contributed by atoms with van der Waals surface area (Å²) < 4.78 is 4.80. The Hall–Kier alpha value is -1.56. The van der Waals surface area contributed by atoms with E-state index in [1.807, 2.05) is 0 Å². The third-order valence-corrected chi connectivity index (χ3v) is 2.44. The van der Waals surface area contributed by atoms with E-state index in [4.69, 9.17) is 16.3 Å². The van der Waals surface area contributed by atoms with Crippen LogP contribution in [0.4, 0.5) is 5.82 Å². The van der Waals surface area contributed by atoms with E-state index in [0.29, 0.717) is 19.0 Å². The van der Waals surface area contributed by atoms with Crippen molar-refractivity contribution in [1.29, 1.82) is 0 Å². The lowest BCUT2D eigenvalue weighted by Gasteiger charge is -2.17. The second-order valence-corrected chi connectivity index (χ2v) is 3.72. The number of carbonyl (C=O) groups excluding carboxylic acids is 1. The average Bonchev–Trinajstić information content (AvgIpc) is 2.30. The van der Waals surface area contributed by atoms with Gasteiger partial charge in [0.15, 0.2) is 5.82 Å². The highest BCUT2D eigenvalue weighted by Crippen LogP contribution is 2.16. The standard InChI is InChI=1S/C10H14ClN3O3/c1-3-17-7(15)4-5-14(2)9-8(11)10(16)13-6-12-9/h6H,3-5H2,1-2H3,(H,12,13,16). The van der Waals surface area contributed by atoms with Gasteiger partial charge in [-0.1, -0.05) is 11.6 Å². The van der Waals surface area contributed by atoms with Crippen molar-refractivity contribution in [3.63, 3.8) is 0 Å².